The summed E-state index contributed by atoms with van der Waals surface area (Å²) in [6.07, 6.45) is 3.40. The molecule has 0 spiro atoms. The van der Waals surface area contributed by atoms with E-state index < -0.39 is 23.9 Å². The highest BCUT2D eigenvalue weighted by molar-refractivity contribution is 6.31. The zero-order valence-corrected chi connectivity index (χ0v) is 19.2. The van der Waals surface area contributed by atoms with E-state index in [1.807, 2.05) is 24.3 Å². The molecule has 0 aliphatic carbocycles. The van der Waals surface area contributed by atoms with Crippen LogP contribution in [-0.2, 0) is 36.8 Å². The summed E-state index contributed by atoms with van der Waals surface area (Å²) in [5, 5.41) is 0.895. The first-order chi connectivity index (χ1) is 16.5. The molecule has 3 aliphatic heterocycles. The van der Waals surface area contributed by atoms with Crippen molar-refractivity contribution >= 4 is 23.5 Å². The molecular weight excluding hydrogens is 436 g/mol. The third-order valence-corrected chi connectivity index (χ3v) is 6.94. The number of piperidine rings is 1. The lowest BCUT2D eigenvalue weighted by molar-refractivity contribution is -0.166. The number of hydroxylamine groups is 1. The van der Waals surface area contributed by atoms with E-state index in [1.165, 1.54) is 5.56 Å². The van der Waals surface area contributed by atoms with Gasteiger partial charge in [0.25, 0.3) is 0 Å². The Morgan fingerprint density at radius 1 is 1.03 bits per heavy atom. The number of aryl methyl sites for hydroxylation is 1. The van der Waals surface area contributed by atoms with Gasteiger partial charge >= 0.3 is 17.8 Å². The van der Waals surface area contributed by atoms with Gasteiger partial charge in [-0.1, -0.05) is 30.3 Å². The molecule has 3 aliphatic rings. The number of ether oxygens (including phenoxy) is 2. The second-order valence-corrected chi connectivity index (χ2v) is 9.03. The predicted octanol–water partition coefficient (Wildman–Crippen LogP) is 2.78. The SMILES string of the molecule is COc1ccccc1C1CCN(CCCc2ccc3c(c2)CC2OC(=O)C(=O)ON3C2=O)CC1. The van der Waals surface area contributed by atoms with Crippen LogP contribution in [0.5, 0.6) is 5.75 Å². The molecule has 1 amide bonds. The van der Waals surface area contributed by atoms with Crippen molar-refractivity contribution in [2.45, 2.75) is 44.1 Å². The van der Waals surface area contributed by atoms with Crippen LogP contribution in [-0.4, -0.2) is 55.6 Å². The van der Waals surface area contributed by atoms with Gasteiger partial charge in [0.15, 0.2) is 6.10 Å². The average molecular weight is 465 g/mol. The zero-order chi connectivity index (χ0) is 23.7. The van der Waals surface area contributed by atoms with E-state index in [0.717, 1.165) is 67.3 Å². The van der Waals surface area contributed by atoms with Crippen molar-refractivity contribution in [3.05, 3.63) is 59.2 Å². The van der Waals surface area contributed by atoms with Gasteiger partial charge in [-0.3, -0.25) is 4.79 Å². The summed E-state index contributed by atoms with van der Waals surface area (Å²) in [6.45, 7) is 3.17. The molecule has 0 radical (unpaired) electrons. The Hall–Kier alpha value is -3.39. The van der Waals surface area contributed by atoms with Crippen LogP contribution in [0.25, 0.3) is 0 Å². The standard InChI is InChI=1S/C26H28N2O6/c1-32-22-7-3-2-6-20(22)18-10-13-27(14-11-18)12-4-5-17-8-9-21-19(15-17)16-23-24(29)28(21)34-26(31)25(30)33-23/h2-3,6-9,15,18,23H,4-5,10-14,16H2,1H3. The number of benzene rings is 2. The van der Waals surface area contributed by atoms with Crippen LogP contribution in [0.1, 0.15) is 41.9 Å². The molecule has 0 aromatic heterocycles. The van der Waals surface area contributed by atoms with Gasteiger partial charge in [0.05, 0.1) is 12.8 Å². The molecule has 1 atom stereocenters. The van der Waals surface area contributed by atoms with E-state index in [-0.39, 0.29) is 6.42 Å². The van der Waals surface area contributed by atoms with Gasteiger partial charge in [-0.05, 0) is 80.1 Å². The first-order valence-corrected chi connectivity index (χ1v) is 11.8. The van der Waals surface area contributed by atoms with Crippen molar-refractivity contribution in [1.82, 2.24) is 4.90 Å². The number of fused-ring (bicyclic) bond motifs is 4. The fraction of sp³-hybridized carbons (Fsp3) is 0.423. The molecule has 2 bridgehead atoms. The molecule has 2 fully saturated rings. The van der Waals surface area contributed by atoms with Crippen LogP contribution in [0, 0.1) is 0 Å². The summed E-state index contributed by atoms with van der Waals surface area (Å²) in [5.74, 6) is -1.32. The molecule has 3 heterocycles. The monoisotopic (exact) mass is 464 g/mol. The quantitative estimate of drug-likeness (QED) is 0.480. The molecule has 2 saturated heterocycles. The van der Waals surface area contributed by atoms with Gasteiger partial charge in [-0.2, -0.15) is 0 Å². The number of esters is 1. The minimum absolute atomic E-state index is 0.247. The van der Waals surface area contributed by atoms with Crippen LogP contribution >= 0.6 is 0 Å². The number of para-hydroxylation sites is 1. The van der Waals surface area contributed by atoms with Gasteiger partial charge in [0, 0.05) is 6.42 Å². The average Bonchev–Trinajstić information content (AvgIpc) is 2.92. The second kappa shape index (κ2) is 9.46. The summed E-state index contributed by atoms with van der Waals surface area (Å²) in [4.78, 5) is 43.2. The molecule has 0 saturated carbocycles. The fourth-order valence-electron chi connectivity index (χ4n) is 5.15. The lowest BCUT2D eigenvalue weighted by Crippen LogP contribution is -2.43. The normalized spacial score (nSPS) is 20.9. The van der Waals surface area contributed by atoms with E-state index in [9.17, 15) is 14.4 Å². The lowest BCUT2D eigenvalue weighted by atomic mass is 9.88. The number of nitrogens with zero attached hydrogens (tertiary/aromatic N) is 2. The predicted molar refractivity (Wildman–Crippen MR) is 123 cm³/mol. The largest absolute Gasteiger partial charge is 0.496 e. The number of likely N-dealkylation sites (tertiary alicyclic amines) is 1. The number of carbonyl (C=O) groups is 3. The highest BCUT2D eigenvalue weighted by Crippen LogP contribution is 2.35. The highest BCUT2D eigenvalue weighted by Gasteiger charge is 2.43. The molecule has 5 rings (SSSR count). The Kier molecular flexibility index (Phi) is 6.24. The minimum Gasteiger partial charge on any atom is -0.496 e. The number of rotatable bonds is 6. The molecular formula is C26H28N2O6. The minimum atomic E-state index is -1.18. The number of anilines is 1. The first-order valence-electron chi connectivity index (χ1n) is 11.8. The molecule has 2 aromatic rings. The zero-order valence-electron chi connectivity index (χ0n) is 19.2. The fourth-order valence-corrected chi connectivity index (χ4v) is 5.15. The van der Waals surface area contributed by atoms with Crippen molar-refractivity contribution in [1.29, 1.82) is 0 Å². The molecule has 8 heteroatoms. The van der Waals surface area contributed by atoms with Crippen molar-refractivity contribution < 1.29 is 28.7 Å². The third kappa shape index (κ3) is 4.37. The third-order valence-electron chi connectivity index (χ3n) is 6.94. The number of amides is 1. The maximum Gasteiger partial charge on any atom is 0.442 e. The number of carbonyl (C=O) groups excluding carboxylic acids is 3. The summed E-state index contributed by atoms with van der Waals surface area (Å²) < 4.78 is 10.5. The Morgan fingerprint density at radius 3 is 2.62 bits per heavy atom. The number of hydrogen-bond acceptors (Lipinski definition) is 7. The first kappa shape index (κ1) is 22.4. The van der Waals surface area contributed by atoms with Crippen LogP contribution < -0.4 is 9.80 Å². The Balaban J connectivity index is 1.16. The molecule has 178 valence electrons. The summed E-state index contributed by atoms with van der Waals surface area (Å²) in [5.41, 5.74) is 3.79. The second-order valence-electron chi connectivity index (χ2n) is 9.03. The van der Waals surface area contributed by atoms with E-state index in [1.54, 1.807) is 13.2 Å². The van der Waals surface area contributed by atoms with Crippen molar-refractivity contribution in [2.24, 2.45) is 0 Å². The number of hydrogen-bond donors (Lipinski definition) is 0. The van der Waals surface area contributed by atoms with E-state index in [0.29, 0.717) is 11.6 Å². The van der Waals surface area contributed by atoms with E-state index in [4.69, 9.17) is 14.3 Å². The van der Waals surface area contributed by atoms with Crippen LogP contribution in [0.2, 0.25) is 0 Å². The smallest absolute Gasteiger partial charge is 0.442 e. The summed E-state index contributed by atoms with van der Waals surface area (Å²) in [7, 11) is 1.73. The van der Waals surface area contributed by atoms with Gasteiger partial charge in [0.1, 0.15) is 5.75 Å². The van der Waals surface area contributed by atoms with Crippen LogP contribution in [0.4, 0.5) is 5.69 Å². The van der Waals surface area contributed by atoms with E-state index in [2.05, 4.69) is 17.0 Å². The highest BCUT2D eigenvalue weighted by atomic mass is 16.7. The molecule has 1 unspecified atom stereocenters. The molecule has 34 heavy (non-hydrogen) atoms. The summed E-state index contributed by atoms with van der Waals surface area (Å²) in [6, 6.07) is 14.1. The van der Waals surface area contributed by atoms with E-state index >= 15 is 0 Å². The van der Waals surface area contributed by atoms with Crippen molar-refractivity contribution in [3.8, 4) is 5.75 Å². The van der Waals surface area contributed by atoms with Gasteiger partial charge in [-0.15, -0.1) is 5.06 Å². The maximum absolute atomic E-state index is 12.4. The molecule has 8 nitrogen and oxygen atoms in total. The number of methoxy groups -OCH3 is 1. The van der Waals surface area contributed by atoms with Crippen molar-refractivity contribution in [2.75, 3.05) is 31.8 Å². The van der Waals surface area contributed by atoms with Gasteiger partial charge in [-0.25, -0.2) is 9.59 Å². The topological polar surface area (TPSA) is 85.4 Å². The Bertz CT molecular complexity index is 1110. The van der Waals surface area contributed by atoms with Gasteiger partial charge in [0.2, 0.25) is 0 Å². The summed E-state index contributed by atoms with van der Waals surface area (Å²) >= 11 is 0. The Morgan fingerprint density at radius 2 is 1.82 bits per heavy atom. The maximum atomic E-state index is 12.4. The molecule has 2 aromatic carbocycles. The van der Waals surface area contributed by atoms with Crippen LogP contribution in [0.15, 0.2) is 42.5 Å². The molecule has 0 N–H and O–H groups in total. The van der Waals surface area contributed by atoms with Crippen molar-refractivity contribution in [3.63, 3.8) is 0 Å². The lowest BCUT2D eigenvalue weighted by Gasteiger charge is -2.32. The van der Waals surface area contributed by atoms with Gasteiger partial charge < -0.3 is 19.2 Å². The van der Waals surface area contributed by atoms with Crippen LogP contribution in [0.3, 0.4) is 0 Å². The Labute approximate surface area is 198 Å².